The molecule has 3 atom stereocenters. The van der Waals surface area contributed by atoms with Gasteiger partial charge in [0.25, 0.3) is 0 Å². The zero-order valence-corrected chi connectivity index (χ0v) is 11.9. The second-order valence-corrected chi connectivity index (χ2v) is 4.90. The van der Waals surface area contributed by atoms with Gasteiger partial charge in [-0.05, 0) is 31.0 Å². The molecular formula is C15H23NO3. The van der Waals surface area contributed by atoms with Crippen LogP contribution in [-0.2, 0) is 4.74 Å². The van der Waals surface area contributed by atoms with Crippen LogP contribution in [0.15, 0.2) is 18.2 Å². The zero-order chi connectivity index (χ0) is 13.8. The summed E-state index contributed by atoms with van der Waals surface area (Å²) in [5, 5.41) is 0. The standard InChI is InChI=1S/C15H23NO3/c1-4-13-11(7-8-19-13)15(16)12-9-10(17-2)5-6-14(12)18-3/h5-6,9,11,13,15H,4,7-8,16H2,1-3H3. The monoisotopic (exact) mass is 265 g/mol. The van der Waals surface area contributed by atoms with E-state index in [1.165, 1.54) is 0 Å². The summed E-state index contributed by atoms with van der Waals surface area (Å²) in [6, 6.07) is 5.68. The number of nitrogens with two attached hydrogens (primary N) is 1. The predicted molar refractivity (Wildman–Crippen MR) is 74.6 cm³/mol. The van der Waals surface area contributed by atoms with Crippen molar-refractivity contribution in [2.45, 2.75) is 31.9 Å². The van der Waals surface area contributed by atoms with E-state index in [1.807, 2.05) is 18.2 Å². The number of hydrogen-bond acceptors (Lipinski definition) is 4. The molecule has 0 radical (unpaired) electrons. The molecule has 0 spiro atoms. The van der Waals surface area contributed by atoms with Crippen LogP contribution in [0.1, 0.15) is 31.4 Å². The fraction of sp³-hybridized carbons (Fsp3) is 0.600. The van der Waals surface area contributed by atoms with Gasteiger partial charge in [0, 0.05) is 24.1 Å². The Morgan fingerprint density at radius 3 is 2.79 bits per heavy atom. The first kappa shape index (κ1) is 14.2. The van der Waals surface area contributed by atoms with E-state index in [0.717, 1.165) is 36.5 Å². The lowest BCUT2D eigenvalue weighted by Gasteiger charge is -2.25. The topological polar surface area (TPSA) is 53.7 Å². The van der Waals surface area contributed by atoms with Gasteiger partial charge >= 0.3 is 0 Å². The van der Waals surface area contributed by atoms with E-state index >= 15 is 0 Å². The summed E-state index contributed by atoms with van der Waals surface area (Å²) >= 11 is 0. The maximum Gasteiger partial charge on any atom is 0.123 e. The second kappa shape index (κ2) is 6.26. The smallest absolute Gasteiger partial charge is 0.123 e. The van der Waals surface area contributed by atoms with Gasteiger partial charge in [-0.1, -0.05) is 6.92 Å². The van der Waals surface area contributed by atoms with Crippen molar-refractivity contribution in [1.29, 1.82) is 0 Å². The highest BCUT2D eigenvalue weighted by Gasteiger charge is 2.33. The SMILES string of the molecule is CCC1OCCC1C(N)c1cc(OC)ccc1OC. The molecule has 2 N–H and O–H groups in total. The van der Waals surface area contributed by atoms with E-state index in [-0.39, 0.29) is 12.1 Å². The maximum atomic E-state index is 6.45. The van der Waals surface area contributed by atoms with Gasteiger partial charge in [-0.15, -0.1) is 0 Å². The van der Waals surface area contributed by atoms with Crippen LogP contribution in [0.2, 0.25) is 0 Å². The van der Waals surface area contributed by atoms with Gasteiger partial charge in [0.1, 0.15) is 11.5 Å². The minimum absolute atomic E-state index is 0.0856. The lowest BCUT2D eigenvalue weighted by atomic mass is 9.87. The fourth-order valence-corrected chi connectivity index (χ4v) is 2.83. The molecule has 0 amide bonds. The molecule has 4 heteroatoms. The number of rotatable bonds is 5. The minimum Gasteiger partial charge on any atom is -0.497 e. The number of methoxy groups -OCH3 is 2. The Balaban J connectivity index is 2.28. The van der Waals surface area contributed by atoms with Crippen LogP contribution in [0.4, 0.5) is 0 Å². The van der Waals surface area contributed by atoms with Crippen LogP contribution < -0.4 is 15.2 Å². The second-order valence-electron chi connectivity index (χ2n) is 4.90. The van der Waals surface area contributed by atoms with E-state index in [1.54, 1.807) is 14.2 Å². The predicted octanol–water partition coefficient (Wildman–Crippen LogP) is 2.52. The Kier molecular flexibility index (Phi) is 4.66. The van der Waals surface area contributed by atoms with E-state index in [0.29, 0.717) is 5.92 Å². The van der Waals surface area contributed by atoms with Crippen molar-refractivity contribution in [3.63, 3.8) is 0 Å². The quantitative estimate of drug-likeness (QED) is 0.888. The number of benzene rings is 1. The average molecular weight is 265 g/mol. The lowest BCUT2D eigenvalue weighted by molar-refractivity contribution is 0.0811. The molecule has 1 aliphatic rings. The van der Waals surface area contributed by atoms with Gasteiger partial charge in [-0.25, -0.2) is 0 Å². The molecule has 19 heavy (non-hydrogen) atoms. The first-order chi connectivity index (χ1) is 9.21. The molecule has 2 rings (SSSR count). The Hall–Kier alpha value is -1.26. The van der Waals surface area contributed by atoms with Crippen LogP contribution in [0.25, 0.3) is 0 Å². The van der Waals surface area contributed by atoms with Crippen molar-refractivity contribution < 1.29 is 14.2 Å². The van der Waals surface area contributed by atoms with Gasteiger partial charge in [0.15, 0.2) is 0 Å². The molecule has 1 aliphatic heterocycles. The van der Waals surface area contributed by atoms with E-state index in [4.69, 9.17) is 19.9 Å². The molecule has 1 aromatic carbocycles. The number of ether oxygens (including phenoxy) is 3. The van der Waals surface area contributed by atoms with Gasteiger partial charge in [0.2, 0.25) is 0 Å². The average Bonchev–Trinajstić information content (AvgIpc) is 2.94. The molecule has 3 unspecified atom stereocenters. The zero-order valence-electron chi connectivity index (χ0n) is 11.9. The van der Waals surface area contributed by atoms with Crippen molar-refractivity contribution in [2.24, 2.45) is 11.7 Å². The molecular weight excluding hydrogens is 242 g/mol. The molecule has 4 nitrogen and oxygen atoms in total. The Bertz CT molecular complexity index is 422. The summed E-state index contributed by atoms with van der Waals surface area (Å²) in [4.78, 5) is 0. The van der Waals surface area contributed by atoms with E-state index < -0.39 is 0 Å². The summed E-state index contributed by atoms with van der Waals surface area (Å²) in [7, 11) is 3.32. The normalized spacial score (nSPS) is 24.2. The first-order valence-electron chi connectivity index (χ1n) is 6.80. The first-order valence-corrected chi connectivity index (χ1v) is 6.80. The van der Waals surface area contributed by atoms with E-state index in [9.17, 15) is 0 Å². The highest BCUT2D eigenvalue weighted by atomic mass is 16.5. The molecule has 0 bridgehead atoms. The van der Waals surface area contributed by atoms with Gasteiger partial charge in [-0.3, -0.25) is 0 Å². The van der Waals surface area contributed by atoms with Crippen LogP contribution in [0.5, 0.6) is 11.5 Å². The molecule has 106 valence electrons. The van der Waals surface area contributed by atoms with Gasteiger partial charge in [-0.2, -0.15) is 0 Å². The van der Waals surface area contributed by atoms with Crippen LogP contribution in [0, 0.1) is 5.92 Å². The third-order valence-corrected chi connectivity index (χ3v) is 3.92. The minimum atomic E-state index is -0.0856. The molecule has 1 fully saturated rings. The lowest BCUT2D eigenvalue weighted by Crippen LogP contribution is -2.28. The Morgan fingerprint density at radius 1 is 1.37 bits per heavy atom. The summed E-state index contributed by atoms with van der Waals surface area (Å²) < 4.78 is 16.4. The van der Waals surface area contributed by atoms with Crippen LogP contribution in [0.3, 0.4) is 0 Å². The van der Waals surface area contributed by atoms with E-state index in [2.05, 4.69) is 6.92 Å². The number of hydrogen-bond donors (Lipinski definition) is 1. The van der Waals surface area contributed by atoms with Crippen molar-refractivity contribution in [2.75, 3.05) is 20.8 Å². The maximum absolute atomic E-state index is 6.45. The summed E-state index contributed by atoms with van der Waals surface area (Å²) in [5.41, 5.74) is 7.45. The highest BCUT2D eigenvalue weighted by molar-refractivity contribution is 5.42. The van der Waals surface area contributed by atoms with Crippen molar-refractivity contribution in [3.8, 4) is 11.5 Å². The molecule has 1 saturated heterocycles. The van der Waals surface area contributed by atoms with Crippen molar-refractivity contribution in [1.82, 2.24) is 0 Å². The Labute approximate surface area is 114 Å². The van der Waals surface area contributed by atoms with Crippen molar-refractivity contribution in [3.05, 3.63) is 23.8 Å². The van der Waals surface area contributed by atoms with Gasteiger partial charge in [0.05, 0.1) is 20.3 Å². The van der Waals surface area contributed by atoms with Crippen LogP contribution >= 0.6 is 0 Å². The highest BCUT2D eigenvalue weighted by Crippen LogP contribution is 2.38. The molecule has 1 aromatic rings. The van der Waals surface area contributed by atoms with Crippen LogP contribution in [-0.4, -0.2) is 26.9 Å². The summed E-state index contributed by atoms with van der Waals surface area (Å²) in [6.45, 7) is 2.93. The Morgan fingerprint density at radius 2 is 2.16 bits per heavy atom. The summed E-state index contributed by atoms with van der Waals surface area (Å²) in [6.07, 6.45) is 2.23. The molecule has 0 aromatic heterocycles. The molecule has 0 aliphatic carbocycles. The largest absolute Gasteiger partial charge is 0.497 e. The molecule has 0 saturated carbocycles. The van der Waals surface area contributed by atoms with Gasteiger partial charge < -0.3 is 19.9 Å². The fourth-order valence-electron chi connectivity index (χ4n) is 2.83. The van der Waals surface area contributed by atoms with Crippen molar-refractivity contribution >= 4 is 0 Å². The summed E-state index contributed by atoms with van der Waals surface area (Å²) in [5.74, 6) is 1.96. The third kappa shape index (κ3) is 2.85. The third-order valence-electron chi connectivity index (χ3n) is 3.92. The molecule has 1 heterocycles.